The van der Waals surface area contributed by atoms with Gasteiger partial charge in [-0.3, -0.25) is 0 Å². The van der Waals surface area contributed by atoms with E-state index in [1.54, 1.807) is 0 Å². The van der Waals surface area contributed by atoms with Crippen LogP contribution in [-0.4, -0.2) is 51.3 Å². The fraction of sp³-hybridized carbons (Fsp3) is 0.800. The summed E-state index contributed by atoms with van der Waals surface area (Å²) in [6.07, 6.45) is 0.753. The summed E-state index contributed by atoms with van der Waals surface area (Å²) in [7, 11) is 0. The third kappa shape index (κ3) is 8.33. The summed E-state index contributed by atoms with van der Waals surface area (Å²) in [6.45, 7) is 27.7. The molecule has 1 fully saturated rings. The van der Waals surface area contributed by atoms with Gasteiger partial charge in [-0.15, -0.1) is 0 Å². The van der Waals surface area contributed by atoms with E-state index in [0.29, 0.717) is 33.0 Å². The van der Waals surface area contributed by atoms with Crippen LogP contribution < -0.4 is 0 Å². The van der Waals surface area contributed by atoms with Crippen LogP contribution in [0.15, 0.2) is 24.3 Å². The first-order chi connectivity index (χ1) is 15.5. The first-order valence-electron chi connectivity index (χ1n) is 13.1. The van der Waals surface area contributed by atoms with Crippen LogP contribution in [0.2, 0.25) is 0 Å². The van der Waals surface area contributed by atoms with Gasteiger partial charge in [-0.05, 0) is 39.2 Å². The predicted molar refractivity (Wildman–Crippen MR) is 142 cm³/mol. The van der Waals surface area contributed by atoms with E-state index >= 15 is 0 Å². The van der Waals surface area contributed by atoms with Gasteiger partial charge < -0.3 is 18.9 Å². The Bertz CT molecular complexity index is 748. The van der Waals surface area contributed by atoms with Crippen molar-refractivity contribution in [2.24, 2.45) is 10.8 Å². The van der Waals surface area contributed by atoms with E-state index in [1.165, 1.54) is 11.1 Å². The predicted octanol–water partition coefficient (Wildman–Crippen LogP) is 6.93. The number of hydrogen-bond donors (Lipinski definition) is 0. The van der Waals surface area contributed by atoms with Crippen LogP contribution in [0.25, 0.3) is 0 Å². The van der Waals surface area contributed by atoms with Gasteiger partial charge >= 0.3 is 0 Å². The van der Waals surface area contributed by atoms with Gasteiger partial charge in [0.15, 0.2) is 0 Å². The number of benzene rings is 1. The van der Waals surface area contributed by atoms with Crippen LogP contribution in [0.1, 0.15) is 93.7 Å². The monoisotopic (exact) mass is 476 g/mol. The lowest BCUT2D eigenvalue weighted by Gasteiger charge is -2.44. The van der Waals surface area contributed by atoms with Gasteiger partial charge in [-0.2, -0.15) is 0 Å². The van der Waals surface area contributed by atoms with E-state index in [2.05, 4.69) is 100 Å². The molecule has 0 radical (unpaired) electrons. The Balaban J connectivity index is 2.32. The summed E-state index contributed by atoms with van der Waals surface area (Å²) in [4.78, 5) is 0. The van der Waals surface area contributed by atoms with E-state index in [0.717, 1.165) is 6.42 Å². The maximum absolute atomic E-state index is 6.72. The van der Waals surface area contributed by atoms with Crippen LogP contribution in [-0.2, 0) is 29.8 Å². The molecule has 34 heavy (non-hydrogen) atoms. The highest BCUT2D eigenvalue weighted by atomic mass is 16.6. The summed E-state index contributed by atoms with van der Waals surface area (Å²) < 4.78 is 25.3. The first-order valence-corrected chi connectivity index (χ1v) is 13.1. The van der Waals surface area contributed by atoms with E-state index in [4.69, 9.17) is 18.9 Å². The van der Waals surface area contributed by atoms with Gasteiger partial charge in [0.25, 0.3) is 0 Å². The maximum Gasteiger partial charge on any atom is 0.0891 e. The SMILES string of the molecule is CC(C)(C)c1ccccc1C(C)(C)CC1COC(C(C)(C)C)C(C(C)(C)C)OCCOCCO1. The molecule has 2 rings (SSSR count). The topological polar surface area (TPSA) is 36.9 Å². The normalized spacial score (nSPS) is 24.9. The van der Waals surface area contributed by atoms with Gasteiger partial charge in [0.05, 0.1) is 51.3 Å². The average molecular weight is 477 g/mol. The lowest BCUT2D eigenvalue weighted by Crippen LogP contribution is -2.50. The fourth-order valence-electron chi connectivity index (χ4n) is 4.98. The molecule has 0 aromatic heterocycles. The largest absolute Gasteiger partial charge is 0.377 e. The van der Waals surface area contributed by atoms with Crippen LogP contribution in [0.3, 0.4) is 0 Å². The average Bonchev–Trinajstić information content (AvgIpc) is 2.67. The third-order valence-corrected chi connectivity index (χ3v) is 6.75. The molecule has 3 atom stereocenters. The van der Waals surface area contributed by atoms with Gasteiger partial charge in [0.1, 0.15) is 0 Å². The van der Waals surface area contributed by atoms with Crippen molar-refractivity contribution in [3.05, 3.63) is 35.4 Å². The quantitative estimate of drug-likeness (QED) is 0.474. The van der Waals surface area contributed by atoms with Crippen molar-refractivity contribution >= 4 is 0 Å². The second kappa shape index (κ2) is 11.4. The number of hydrogen-bond acceptors (Lipinski definition) is 4. The van der Waals surface area contributed by atoms with Gasteiger partial charge in [0, 0.05) is 0 Å². The third-order valence-electron chi connectivity index (χ3n) is 6.75. The van der Waals surface area contributed by atoms with Crippen molar-refractivity contribution < 1.29 is 18.9 Å². The highest BCUT2D eigenvalue weighted by Crippen LogP contribution is 2.39. The maximum atomic E-state index is 6.72. The Morgan fingerprint density at radius 1 is 0.647 bits per heavy atom. The summed E-state index contributed by atoms with van der Waals surface area (Å²) in [5.74, 6) is 0. The summed E-state index contributed by atoms with van der Waals surface area (Å²) in [6, 6.07) is 8.85. The summed E-state index contributed by atoms with van der Waals surface area (Å²) in [5.41, 5.74) is 2.68. The summed E-state index contributed by atoms with van der Waals surface area (Å²) in [5, 5.41) is 0. The lowest BCUT2D eigenvalue weighted by molar-refractivity contribution is -0.180. The van der Waals surface area contributed by atoms with Crippen molar-refractivity contribution in [3.8, 4) is 0 Å². The van der Waals surface area contributed by atoms with Gasteiger partial charge in [-0.25, -0.2) is 0 Å². The molecule has 1 aromatic rings. The van der Waals surface area contributed by atoms with Gasteiger partial charge in [0.2, 0.25) is 0 Å². The molecule has 1 saturated heterocycles. The molecule has 0 spiro atoms. The first kappa shape index (κ1) is 29.3. The Morgan fingerprint density at radius 2 is 1.15 bits per heavy atom. The van der Waals surface area contributed by atoms with Crippen molar-refractivity contribution in [2.75, 3.05) is 33.0 Å². The van der Waals surface area contributed by atoms with Crippen molar-refractivity contribution in [1.29, 1.82) is 0 Å². The van der Waals surface area contributed by atoms with Crippen molar-refractivity contribution in [1.82, 2.24) is 0 Å². The van der Waals surface area contributed by atoms with E-state index in [9.17, 15) is 0 Å². The van der Waals surface area contributed by atoms with Crippen LogP contribution in [0, 0.1) is 10.8 Å². The Labute approximate surface area is 210 Å². The van der Waals surface area contributed by atoms with E-state index < -0.39 is 0 Å². The standard InChI is InChI=1S/C30H52O4/c1-27(2,3)23-14-12-13-15-24(23)30(10,11)20-22-21-34-26(29(7,8)9)25(28(4,5)6)33-19-17-31-16-18-32-22/h12-15,22,25-26H,16-21H2,1-11H3. The molecule has 0 amide bonds. The van der Waals surface area contributed by atoms with Gasteiger partial charge in [-0.1, -0.05) is 100 Å². The highest BCUT2D eigenvalue weighted by molar-refractivity contribution is 5.38. The second-order valence-electron chi connectivity index (χ2n) is 13.8. The molecule has 1 aliphatic rings. The number of ether oxygens (including phenoxy) is 4. The molecule has 0 bridgehead atoms. The fourth-order valence-corrected chi connectivity index (χ4v) is 4.98. The molecule has 0 aliphatic carbocycles. The molecular weight excluding hydrogens is 424 g/mol. The molecule has 4 heteroatoms. The van der Waals surface area contributed by atoms with E-state index in [1.807, 2.05) is 0 Å². The molecule has 1 heterocycles. The van der Waals surface area contributed by atoms with Crippen molar-refractivity contribution in [2.45, 2.75) is 112 Å². The zero-order chi connectivity index (χ0) is 25.8. The van der Waals surface area contributed by atoms with Crippen LogP contribution >= 0.6 is 0 Å². The molecule has 1 aromatic carbocycles. The molecule has 0 saturated carbocycles. The molecule has 1 aliphatic heterocycles. The smallest absolute Gasteiger partial charge is 0.0891 e. The lowest BCUT2D eigenvalue weighted by atomic mass is 9.72. The molecule has 196 valence electrons. The number of rotatable bonds is 3. The molecular formula is C30H52O4. The molecule has 0 N–H and O–H groups in total. The minimum Gasteiger partial charge on any atom is -0.377 e. The van der Waals surface area contributed by atoms with Crippen LogP contribution in [0.5, 0.6) is 0 Å². The Kier molecular flexibility index (Phi) is 9.83. The van der Waals surface area contributed by atoms with E-state index in [-0.39, 0.29) is 40.0 Å². The van der Waals surface area contributed by atoms with Crippen molar-refractivity contribution in [3.63, 3.8) is 0 Å². The minimum atomic E-state index is -0.0676. The Morgan fingerprint density at radius 3 is 1.68 bits per heavy atom. The van der Waals surface area contributed by atoms with Crippen LogP contribution in [0.4, 0.5) is 0 Å². The second-order valence-corrected chi connectivity index (χ2v) is 13.8. The zero-order valence-corrected chi connectivity index (χ0v) is 23.9. The minimum absolute atomic E-state index is 0.0310. The zero-order valence-electron chi connectivity index (χ0n) is 23.9. The molecule has 3 unspecified atom stereocenters. The Hall–Kier alpha value is -0.940. The highest BCUT2D eigenvalue weighted by Gasteiger charge is 2.41. The summed E-state index contributed by atoms with van der Waals surface area (Å²) >= 11 is 0. The molecule has 4 nitrogen and oxygen atoms in total.